The number of aromatic nitrogens is 3. The molecule has 0 fully saturated rings. The molecule has 0 aliphatic heterocycles. The van der Waals surface area contributed by atoms with Crippen LogP contribution in [0.3, 0.4) is 0 Å². The zero-order valence-corrected chi connectivity index (χ0v) is 23.7. The van der Waals surface area contributed by atoms with Gasteiger partial charge in [-0.15, -0.1) is 21.5 Å². The summed E-state index contributed by atoms with van der Waals surface area (Å²) < 4.78 is 12.9. The van der Waals surface area contributed by atoms with Gasteiger partial charge < -0.3 is 19.4 Å². The Balaban J connectivity index is 1.41. The van der Waals surface area contributed by atoms with Crippen LogP contribution in [0.15, 0.2) is 23.4 Å². The van der Waals surface area contributed by atoms with Crippen molar-refractivity contribution in [3.8, 4) is 5.75 Å². The van der Waals surface area contributed by atoms with Gasteiger partial charge in [0.2, 0.25) is 5.91 Å². The van der Waals surface area contributed by atoms with Crippen LogP contribution in [0, 0.1) is 6.92 Å². The van der Waals surface area contributed by atoms with Crippen molar-refractivity contribution in [3.63, 3.8) is 0 Å². The van der Waals surface area contributed by atoms with Crippen molar-refractivity contribution in [2.45, 2.75) is 70.7 Å². The third-order valence-electron chi connectivity index (χ3n) is 6.25. The molecule has 4 rings (SSSR count). The molecule has 0 saturated carbocycles. The van der Waals surface area contributed by atoms with Crippen LogP contribution in [0.2, 0.25) is 5.02 Å². The first-order valence-corrected chi connectivity index (χ1v) is 14.6. The topological polar surface area (TPSA) is 95.3 Å². The van der Waals surface area contributed by atoms with Gasteiger partial charge in [0.15, 0.2) is 11.0 Å². The van der Waals surface area contributed by atoms with Crippen LogP contribution in [0.4, 0.5) is 5.00 Å². The van der Waals surface area contributed by atoms with Gasteiger partial charge in [0, 0.05) is 16.4 Å². The van der Waals surface area contributed by atoms with E-state index in [1.807, 2.05) is 30.5 Å². The van der Waals surface area contributed by atoms with E-state index in [-0.39, 0.29) is 18.3 Å². The highest BCUT2D eigenvalue weighted by molar-refractivity contribution is 7.99. The Morgan fingerprint density at radius 2 is 1.97 bits per heavy atom. The molecule has 0 saturated heterocycles. The number of hydrogen-bond acceptors (Lipinski definition) is 8. The summed E-state index contributed by atoms with van der Waals surface area (Å²) >= 11 is 8.89. The second-order valence-corrected chi connectivity index (χ2v) is 11.2. The number of methoxy groups -OCH3 is 1. The molecule has 1 amide bonds. The quantitative estimate of drug-likeness (QED) is 0.249. The molecule has 0 spiro atoms. The maximum atomic E-state index is 12.9. The second-order valence-electron chi connectivity index (χ2n) is 8.79. The lowest BCUT2D eigenvalue weighted by Crippen LogP contribution is -2.17. The monoisotopic (exact) mass is 562 g/mol. The van der Waals surface area contributed by atoms with Gasteiger partial charge in [-0.05, 0) is 68.9 Å². The molecule has 0 atom stereocenters. The summed E-state index contributed by atoms with van der Waals surface area (Å²) in [5.74, 6) is 0.909. The number of esters is 1. The molecule has 1 aliphatic rings. The largest absolute Gasteiger partial charge is 0.486 e. The molecule has 11 heteroatoms. The first-order chi connectivity index (χ1) is 17.9. The van der Waals surface area contributed by atoms with Crippen molar-refractivity contribution < 1.29 is 19.1 Å². The predicted molar refractivity (Wildman–Crippen MR) is 147 cm³/mol. The van der Waals surface area contributed by atoms with Gasteiger partial charge in [0.25, 0.3) is 0 Å². The van der Waals surface area contributed by atoms with Crippen molar-refractivity contribution in [2.75, 3.05) is 18.2 Å². The van der Waals surface area contributed by atoms with Gasteiger partial charge in [-0.1, -0.05) is 36.2 Å². The van der Waals surface area contributed by atoms with Crippen LogP contribution >= 0.6 is 34.7 Å². The molecule has 1 N–H and O–H groups in total. The normalized spacial score (nSPS) is 13.4. The highest BCUT2D eigenvalue weighted by Gasteiger charge is 2.26. The van der Waals surface area contributed by atoms with Gasteiger partial charge in [0.1, 0.15) is 17.4 Å². The number of thioether (sulfide) groups is 1. The van der Waals surface area contributed by atoms with Crippen LogP contribution in [0.25, 0.3) is 0 Å². The smallest absolute Gasteiger partial charge is 0.341 e. The highest BCUT2D eigenvalue weighted by Crippen LogP contribution is 2.37. The fourth-order valence-corrected chi connectivity index (χ4v) is 6.56. The predicted octanol–water partition coefficient (Wildman–Crippen LogP) is 6.08. The first kappa shape index (κ1) is 27.5. The number of nitrogens with one attached hydrogen (secondary N) is 1. The number of nitrogens with zero attached hydrogens (tertiary/aromatic N) is 3. The number of anilines is 1. The zero-order valence-electron chi connectivity index (χ0n) is 21.3. The van der Waals surface area contributed by atoms with Gasteiger partial charge in [-0.2, -0.15) is 0 Å². The van der Waals surface area contributed by atoms with Crippen LogP contribution in [0.1, 0.15) is 64.8 Å². The minimum Gasteiger partial charge on any atom is -0.486 e. The second kappa shape index (κ2) is 12.8. The number of carbonyl (C=O) groups excluding carboxylic acids is 2. The lowest BCUT2D eigenvalue weighted by Gasteiger charge is -2.11. The molecule has 2 heterocycles. The molecule has 0 bridgehead atoms. The summed E-state index contributed by atoms with van der Waals surface area (Å²) in [6.07, 6.45) is 6.23. The van der Waals surface area contributed by atoms with Crippen molar-refractivity contribution in [1.82, 2.24) is 14.8 Å². The number of halogens is 1. The van der Waals surface area contributed by atoms with Gasteiger partial charge in [-0.25, -0.2) is 4.79 Å². The molecular weight excluding hydrogens is 532 g/mol. The number of carbonyl (C=O) groups is 2. The summed E-state index contributed by atoms with van der Waals surface area (Å²) in [4.78, 5) is 26.7. The summed E-state index contributed by atoms with van der Waals surface area (Å²) in [5.41, 5.74) is 2.48. The zero-order chi connectivity index (χ0) is 26.4. The lowest BCUT2D eigenvalue weighted by atomic mass is 9.96. The van der Waals surface area contributed by atoms with Crippen molar-refractivity contribution >= 4 is 51.6 Å². The Kier molecular flexibility index (Phi) is 9.50. The van der Waals surface area contributed by atoms with Crippen molar-refractivity contribution in [1.29, 1.82) is 0 Å². The SMILES string of the molecule is CCn1c(COc2ccc(Cl)c(C)c2)nnc1SCC(=O)Nc1sc2c(c1C(=O)OC)CCCCCC2. The third kappa shape index (κ3) is 6.66. The average Bonchev–Trinajstić information content (AvgIpc) is 3.42. The Morgan fingerprint density at radius 1 is 1.19 bits per heavy atom. The van der Waals surface area contributed by atoms with Crippen LogP contribution < -0.4 is 10.1 Å². The van der Waals surface area contributed by atoms with Gasteiger partial charge in [-0.3, -0.25) is 4.79 Å². The van der Waals surface area contributed by atoms with E-state index in [1.54, 1.807) is 6.07 Å². The van der Waals surface area contributed by atoms with Crippen LogP contribution in [-0.4, -0.2) is 39.5 Å². The van der Waals surface area contributed by atoms with Crippen molar-refractivity contribution in [3.05, 3.63) is 50.6 Å². The van der Waals surface area contributed by atoms with Crippen LogP contribution in [-0.2, 0) is 35.5 Å². The van der Waals surface area contributed by atoms with E-state index in [0.717, 1.165) is 43.2 Å². The van der Waals surface area contributed by atoms with Crippen molar-refractivity contribution in [2.24, 2.45) is 0 Å². The summed E-state index contributed by atoms with van der Waals surface area (Å²) in [7, 11) is 1.38. The number of aryl methyl sites for hydroxylation is 2. The number of ether oxygens (including phenoxy) is 2. The number of rotatable bonds is 9. The number of amides is 1. The average molecular weight is 563 g/mol. The van der Waals surface area contributed by atoms with Gasteiger partial charge in [0.05, 0.1) is 18.4 Å². The molecule has 198 valence electrons. The number of thiophene rings is 1. The van der Waals surface area contributed by atoms with E-state index in [0.29, 0.717) is 38.9 Å². The Hall–Kier alpha value is -2.56. The minimum atomic E-state index is -0.396. The molecule has 8 nitrogen and oxygen atoms in total. The summed E-state index contributed by atoms with van der Waals surface area (Å²) in [5, 5.41) is 13.4. The molecule has 1 aromatic carbocycles. The third-order valence-corrected chi connectivity index (χ3v) is 8.85. The number of fused-ring (bicyclic) bond motifs is 1. The molecule has 3 aromatic rings. The lowest BCUT2D eigenvalue weighted by molar-refractivity contribution is -0.113. The maximum absolute atomic E-state index is 12.9. The molecule has 37 heavy (non-hydrogen) atoms. The first-order valence-electron chi connectivity index (χ1n) is 12.4. The van der Waals surface area contributed by atoms with E-state index in [1.165, 1.54) is 41.5 Å². The fourth-order valence-electron chi connectivity index (χ4n) is 4.32. The summed E-state index contributed by atoms with van der Waals surface area (Å²) in [6.45, 7) is 4.80. The highest BCUT2D eigenvalue weighted by atomic mass is 35.5. The van der Waals surface area contributed by atoms with Gasteiger partial charge >= 0.3 is 5.97 Å². The summed E-state index contributed by atoms with van der Waals surface area (Å²) in [6, 6.07) is 5.50. The minimum absolute atomic E-state index is 0.137. The fraction of sp³-hybridized carbons (Fsp3) is 0.462. The Bertz CT molecular complexity index is 1270. The maximum Gasteiger partial charge on any atom is 0.341 e. The Labute approximate surface area is 230 Å². The van der Waals surface area contributed by atoms with E-state index in [2.05, 4.69) is 15.5 Å². The van der Waals surface area contributed by atoms with Crippen LogP contribution in [0.5, 0.6) is 5.75 Å². The molecular formula is C26H31ClN4O4S2. The van der Waals surface area contributed by atoms with E-state index in [4.69, 9.17) is 21.1 Å². The Morgan fingerprint density at radius 3 is 2.70 bits per heavy atom. The standard InChI is InChI=1S/C26H31ClN4O4S2/c1-4-31-21(14-35-17-11-12-19(27)16(2)13-17)29-30-26(31)36-15-22(32)28-24-23(25(33)34-3)18-9-7-5-6-8-10-20(18)37-24/h11-13H,4-10,14-15H2,1-3H3,(H,28,32). The molecule has 2 aromatic heterocycles. The molecule has 1 aliphatic carbocycles. The van der Waals surface area contributed by atoms with E-state index < -0.39 is 5.97 Å². The molecule has 0 radical (unpaired) electrons. The molecule has 0 unspecified atom stereocenters. The van der Waals surface area contributed by atoms with E-state index >= 15 is 0 Å². The number of benzene rings is 1. The number of hydrogen-bond donors (Lipinski definition) is 1. The van der Waals surface area contributed by atoms with E-state index in [9.17, 15) is 9.59 Å².